The molecular formula is C60H41NO. The molecule has 11 rings (SSSR count). The molecule has 292 valence electrons. The number of hydrogen-bond acceptors (Lipinski definition) is 2. The van der Waals surface area contributed by atoms with E-state index in [1.165, 1.54) is 55.6 Å². The Kier molecular flexibility index (Phi) is 9.57. The highest BCUT2D eigenvalue weighted by Gasteiger charge is 2.16. The lowest BCUT2D eigenvalue weighted by Gasteiger charge is -2.26. The minimum absolute atomic E-state index is 0.866. The van der Waals surface area contributed by atoms with Gasteiger partial charge >= 0.3 is 0 Å². The first kappa shape index (κ1) is 36.8. The molecule has 2 heteroatoms. The van der Waals surface area contributed by atoms with E-state index in [-0.39, 0.29) is 0 Å². The van der Waals surface area contributed by atoms with Gasteiger partial charge in [-0.25, -0.2) is 0 Å². The number of benzene rings is 10. The van der Waals surface area contributed by atoms with E-state index in [0.29, 0.717) is 0 Å². The van der Waals surface area contributed by atoms with E-state index >= 15 is 0 Å². The van der Waals surface area contributed by atoms with Crippen molar-refractivity contribution >= 4 is 39.0 Å². The van der Waals surface area contributed by atoms with Gasteiger partial charge in [-0.3, -0.25) is 0 Å². The SMILES string of the molecule is c1ccc(-c2ccc(-c3cccc(-c4ccc(N(c5ccc(-c6ccc(-c7cccc(-c8ccccc8)c7)cc6)cc5)c5ccc6c(c5)oc5ccccc56)cc4)c3)cc2)cc1. The maximum atomic E-state index is 6.39. The zero-order valence-electron chi connectivity index (χ0n) is 34.0. The first-order chi connectivity index (χ1) is 30.7. The second-order valence-electron chi connectivity index (χ2n) is 15.8. The van der Waals surface area contributed by atoms with Crippen molar-refractivity contribution < 1.29 is 4.42 Å². The van der Waals surface area contributed by atoms with E-state index in [4.69, 9.17) is 4.42 Å². The summed E-state index contributed by atoms with van der Waals surface area (Å²) >= 11 is 0. The highest BCUT2D eigenvalue weighted by molar-refractivity contribution is 6.06. The first-order valence-electron chi connectivity index (χ1n) is 21.1. The molecule has 0 fully saturated rings. The predicted molar refractivity (Wildman–Crippen MR) is 261 cm³/mol. The fourth-order valence-electron chi connectivity index (χ4n) is 8.63. The number of furan rings is 1. The average Bonchev–Trinajstić information content (AvgIpc) is 3.73. The van der Waals surface area contributed by atoms with E-state index in [0.717, 1.165) is 50.1 Å². The third kappa shape index (κ3) is 7.25. The van der Waals surface area contributed by atoms with Gasteiger partial charge < -0.3 is 9.32 Å². The summed E-state index contributed by atoms with van der Waals surface area (Å²) in [6.07, 6.45) is 0. The lowest BCUT2D eigenvalue weighted by Crippen LogP contribution is -2.09. The molecule has 0 atom stereocenters. The number of para-hydroxylation sites is 1. The van der Waals surface area contributed by atoms with Crippen LogP contribution in [0.2, 0.25) is 0 Å². The van der Waals surface area contributed by atoms with Crippen molar-refractivity contribution in [3.05, 3.63) is 249 Å². The summed E-state index contributed by atoms with van der Waals surface area (Å²) in [6, 6.07) is 89.0. The Hall–Kier alpha value is -8.20. The number of hydrogen-bond donors (Lipinski definition) is 0. The van der Waals surface area contributed by atoms with Gasteiger partial charge in [-0.15, -0.1) is 0 Å². The van der Waals surface area contributed by atoms with Crippen LogP contribution in [0.4, 0.5) is 17.1 Å². The number of nitrogens with zero attached hydrogens (tertiary/aromatic N) is 1. The molecule has 0 spiro atoms. The Labute approximate surface area is 362 Å². The van der Waals surface area contributed by atoms with Crippen molar-refractivity contribution in [1.29, 1.82) is 0 Å². The topological polar surface area (TPSA) is 16.4 Å². The number of rotatable bonds is 9. The van der Waals surface area contributed by atoms with E-state index in [9.17, 15) is 0 Å². The Morgan fingerprint density at radius 3 is 1.00 bits per heavy atom. The van der Waals surface area contributed by atoms with Crippen LogP contribution in [-0.2, 0) is 0 Å². The van der Waals surface area contributed by atoms with E-state index in [2.05, 4.69) is 241 Å². The normalized spacial score (nSPS) is 11.2. The summed E-state index contributed by atoms with van der Waals surface area (Å²) in [5.74, 6) is 0. The molecule has 1 aromatic heterocycles. The number of anilines is 3. The van der Waals surface area contributed by atoms with Crippen LogP contribution in [0.5, 0.6) is 0 Å². The molecule has 0 aliphatic heterocycles. The molecule has 10 aromatic carbocycles. The molecule has 0 saturated heterocycles. The van der Waals surface area contributed by atoms with Crippen LogP contribution in [0.3, 0.4) is 0 Å². The molecule has 62 heavy (non-hydrogen) atoms. The monoisotopic (exact) mass is 791 g/mol. The van der Waals surface area contributed by atoms with Gasteiger partial charge in [-0.2, -0.15) is 0 Å². The Morgan fingerprint density at radius 2 is 0.532 bits per heavy atom. The Morgan fingerprint density at radius 1 is 0.210 bits per heavy atom. The van der Waals surface area contributed by atoms with Crippen LogP contribution in [-0.4, -0.2) is 0 Å². The third-order valence-electron chi connectivity index (χ3n) is 11.9. The molecule has 0 aliphatic rings. The molecule has 1 heterocycles. The largest absolute Gasteiger partial charge is 0.456 e. The Balaban J connectivity index is 0.900. The second kappa shape index (κ2) is 16.1. The highest BCUT2D eigenvalue weighted by Crippen LogP contribution is 2.40. The quantitative estimate of drug-likeness (QED) is 0.145. The molecule has 0 radical (unpaired) electrons. The van der Waals surface area contributed by atoms with Gasteiger partial charge in [-0.1, -0.05) is 188 Å². The standard InChI is InChI=1S/C60H41NO/c1-3-11-42(12-4-1)44-21-25-47(26-22-44)52-17-10-18-53(40-52)49-31-35-55(36-32-49)61(56-37-38-58-57-19-7-8-20-59(57)62-60(58)41-56)54-33-29-46(30-34-54)45-23-27-48(28-24-45)51-16-9-15-50(39-51)43-13-5-2-6-14-43/h1-41H. The van der Waals surface area contributed by atoms with Crippen molar-refractivity contribution in [1.82, 2.24) is 0 Å². The zero-order valence-corrected chi connectivity index (χ0v) is 34.0. The van der Waals surface area contributed by atoms with Gasteiger partial charge in [0.1, 0.15) is 11.2 Å². The van der Waals surface area contributed by atoms with Gasteiger partial charge in [0.25, 0.3) is 0 Å². The zero-order chi connectivity index (χ0) is 41.2. The minimum Gasteiger partial charge on any atom is -0.456 e. The minimum atomic E-state index is 0.866. The van der Waals surface area contributed by atoms with Crippen molar-refractivity contribution in [2.75, 3.05) is 4.90 Å². The molecular weight excluding hydrogens is 751 g/mol. The molecule has 0 saturated carbocycles. The van der Waals surface area contributed by atoms with Gasteiger partial charge in [0.05, 0.1) is 0 Å². The summed E-state index contributed by atoms with van der Waals surface area (Å²) in [7, 11) is 0. The summed E-state index contributed by atoms with van der Waals surface area (Å²) < 4.78 is 6.39. The van der Waals surface area contributed by atoms with Gasteiger partial charge in [0, 0.05) is 33.9 Å². The van der Waals surface area contributed by atoms with Crippen molar-refractivity contribution in [3.63, 3.8) is 0 Å². The lowest BCUT2D eigenvalue weighted by atomic mass is 9.97. The molecule has 2 nitrogen and oxygen atoms in total. The smallest absolute Gasteiger partial charge is 0.137 e. The first-order valence-corrected chi connectivity index (χ1v) is 21.1. The van der Waals surface area contributed by atoms with E-state index in [1.807, 2.05) is 12.1 Å². The maximum absolute atomic E-state index is 6.39. The predicted octanol–water partition coefficient (Wildman–Crippen LogP) is 17.1. The molecule has 0 amide bonds. The molecule has 0 unspecified atom stereocenters. The van der Waals surface area contributed by atoms with Crippen molar-refractivity contribution in [2.24, 2.45) is 0 Å². The maximum Gasteiger partial charge on any atom is 0.137 e. The lowest BCUT2D eigenvalue weighted by molar-refractivity contribution is 0.669. The van der Waals surface area contributed by atoms with Gasteiger partial charge in [0.2, 0.25) is 0 Å². The van der Waals surface area contributed by atoms with Crippen LogP contribution in [0.1, 0.15) is 0 Å². The Bertz CT molecular complexity index is 3290. The molecule has 0 N–H and O–H groups in total. The summed E-state index contributed by atoms with van der Waals surface area (Å²) in [4.78, 5) is 2.31. The highest BCUT2D eigenvalue weighted by atomic mass is 16.3. The van der Waals surface area contributed by atoms with Crippen LogP contribution >= 0.6 is 0 Å². The summed E-state index contributed by atoms with van der Waals surface area (Å²) in [6.45, 7) is 0. The van der Waals surface area contributed by atoms with Crippen LogP contribution in [0.15, 0.2) is 253 Å². The fourth-order valence-corrected chi connectivity index (χ4v) is 8.63. The van der Waals surface area contributed by atoms with Crippen LogP contribution in [0, 0.1) is 0 Å². The van der Waals surface area contributed by atoms with Crippen LogP contribution in [0.25, 0.3) is 88.7 Å². The second-order valence-corrected chi connectivity index (χ2v) is 15.8. The van der Waals surface area contributed by atoms with Gasteiger partial charge in [-0.05, 0) is 121 Å². The van der Waals surface area contributed by atoms with Crippen LogP contribution < -0.4 is 4.90 Å². The summed E-state index contributed by atoms with van der Waals surface area (Å²) in [5, 5.41) is 2.23. The summed E-state index contributed by atoms with van der Waals surface area (Å²) in [5.41, 5.74) is 19.3. The van der Waals surface area contributed by atoms with E-state index < -0.39 is 0 Å². The molecule has 11 aromatic rings. The van der Waals surface area contributed by atoms with Crippen molar-refractivity contribution in [3.8, 4) is 66.8 Å². The van der Waals surface area contributed by atoms with Crippen molar-refractivity contribution in [2.45, 2.75) is 0 Å². The third-order valence-corrected chi connectivity index (χ3v) is 11.9. The van der Waals surface area contributed by atoms with E-state index in [1.54, 1.807) is 0 Å². The molecule has 0 bridgehead atoms. The fraction of sp³-hybridized carbons (Fsp3) is 0. The molecule has 0 aliphatic carbocycles. The number of fused-ring (bicyclic) bond motifs is 3. The van der Waals surface area contributed by atoms with Gasteiger partial charge in [0.15, 0.2) is 0 Å². The average molecular weight is 792 g/mol.